The molecule has 0 aromatic carbocycles. The number of hydrogen-bond donors (Lipinski definition) is 0. The molecule has 0 fully saturated rings. The van der Waals surface area contributed by atoms with E-state index in [0.29, 0.717) is 5.25 Å². The fourth-order valence-corrected chi connectivity index (χ4v) is 3.35. The van der Waals surface area contributed by atoms with Crippen molar-refractivity contribution in [2.75, 3.05) is 0 Å². The van der Waals surface area contributed by atoms with Crippen LogP contribution in [0.25, 0.3) is 0 Å². The Morgan fingerprint density at radius 1 is 1.47 bits per heavy atom. The first-order chi connectivity index (χ1) is 6.91. The quantitative estimate of drug-likeness (QED) is 0.722. The molecule has 1 aromatic rings. The summed E-state index contributed by atoms with van der Waals surface area (Å²) in [7, 11) is 2.03. The minimum Gasteiger partial charge on any atom is -0.324 e. The molecular weight excluding hydrogens is 244 g/mol. The molecule has 0 bridgehead atoms. The van der Waals surface area contributed by atoms with Gasteiger partial charge in [-0.05, 0) is 13.8 Å². The van der Waals surface area contributed by atoms with Crippen LogP contribution >= 0.6 is 35.3 Å². The Labute approximate surface area is 104 Å². The Morgan fingerprint density at radius 3 is 2.47 bits per heavy atom. The monoisotopic (exact) mass is 260 g/mol. The van der Waals surface area contributed by atoms with Crippen LogP contribution in [0.4, 0.5) is 0 Å². The van der Waals surface area contributed by atoms with Crippen LogP contribution in [0.1, 0.15) is 24.4 Å². The van der Waals surface area contributed by atoms with Gasteiger partial charge in [-0.15, -0.1) is 11.3 Å². The van der Waals surface area contributed by atoms with Crippen LogP contribution in [0.15, 0.2) is 4.99 Å². The lowest BCUT2D eigenvalue weighted by Gasteiger charge is -2.00. The maximum Gasteiger partial charge on any atom is 0.191 e. The first kappa shape index (κ1) is 12.9. The van der Waals surface area contributed by atoms with Crippen LogP contribution < -0.4 is 4.80 Å². The highest BCUT2D eigenvalue weighted by molar-refractivity contribution is 8.23. The summed E-state index contributed by atoms with van der Waals surface area (Å²) in [6.07, 6.45) is 0. The number of nitrogens with zero attached hydrogens (tertiary/aromatic N) is 2. The third-order valence-corrected chi connectivity index (χ3v) is 4.36. The average molecular weight is 260 g/mol. The lowest BCUT2D eigenvalue weighted by atomic mass is 10.4. The molecule has 1 aromatic heterocycles. The fourth-order valence-electron chi connectivity index (χ4n) is 1.06. The molecular formula is C10H16N2S3. The van der Waals surface area contributed by atoms with Crippen LogP contribution in [-0.4, -0.2) is 14.1 Å². The van der Waals surface area contributed by atoms with E-state index in [0.717, 1.165) is 9.12 Å². The average Bonchev–Trinajstić information content (AvgIpc) is 2.32. The van der Waals surface area contributed by atoms with Crippen molar-refractivity contribution >= 4 is 39.6 Å². The van der Waals surface area contributed by atoms with Crippen LogP contribution in [0.5, 0.6) is 0 Å². The number of aryl methyl sites for hydroxylation is 1. The topological polar surface area (TPSA) is 17.3 Å². The van der Waals surface area contributed by atoms with Crippen molar-refractivity contribution in [1.82, 2.24) is 4.57 Å². The molecule has 0 saturated carbocycles. The molecule has 1 heterocycles. The van der Waals surface area contributed by atoms with Gasteiger partial charge in [-0.1, -0.05) is 37.8 Å². The van der Waals surface area contributed by atoms with Gasteiger partial charge in [0, 0.05) is 22.9 Å². The van der Waals surface area contributed by atoms with Crippen LogP contribution in [0, 0.1) is 13.8 Å². The Balaban J connectivity index is 3.00. The van der Waals surface area contributed by atoms with Crippen LogP contribution in [0.2, 0.25) is 0 Å². The molecule has 0 saturated heterocycles. The highest BCUT2D eigenvalue weighted by Crippen LogP contribution is 2.13. The summed E-state index contributed by atoms with van der Waals surface area (Å²) in [6, 6.07) is 0. The largest absolute Gasteiger partial charge is 0.324 e. The molecule has 0 unspecified atom stereocenters. The van der Waals surface area contributed by atoms with Crippen molar-refractivity contribution in [2.24, 2.45) is 12.0 Å². The smallest absolute Gasteiger partial charge is 0.191 e. The van der Waals surface area contributed by atoms with E-state index >= 15 is 0 Å². The molecule has 1 rings (SSSR count). The van der Waals surface area contributed by atoms with Crippen molar-refractivity contribution < 1.29 is 0 Å². The number of thiocarbonyl (C=S) groups is 1. The van der Waals surface area contributed by atoms with Gasteiger partial charge in [0.05, 0.1) is 0 Å². The molecule has 0 atom stereocenters. The molecule has 84 valence electrons. The Hall–Kier alpha value is -0.130. The number of aromatic nitrogens is 1. The first-order valence-corrected chi connectivity index (χ1v) is 6.90. The highest BCUT2D eigenvalue weighted by Gasteiger charge is 2.04. The second-order valence-electron chi connectivity index (χ2n) is 3.63. The predicted molar refractivity (Wildman–Crippen MR) is 73.7 cm³/mol. The van der Waals surface area contributed by atoms with Crippen LogP contribution in [0.3, 0.4) is 0 Å². The van der Waals surface area contributed by atoms with E-state index < -0.39 is 0 Å². The Morgan fingerprint density at radius 2 is 2.07 bits per heavy atom. The highest BCUT2D eigenvalue weighted by atomic mass is 32.2. The number of hydrogen-bond acceptors (Lipinski definition) is 3. The van der Waals surface area contributed by atoms with E-state index in [2.05, 4.69) is 37.3 Å². The normalized spacial score (nSPS) is 12.5. The van der Waals surface area contributed by atoms with Crippen molar-refractivity contribution in [2.45, 2.75) is 32.9 Å². The van der Waals surface area contributed by atoms with Gasteiger partial charge < -0.3 is 4.57 Å². The Kier molecular flexibility index (Phi) is 4.55. The van der Waals surface area contributed by atoms with E-state index in [1.807, 2.05) is 7.05 Å². The van der Waals surface area contributed by atoms with Crippen LogP contribution in [-0.2, 0) is 7.05 Å². The summed E-state index contributed by atoms with van der Waals surface area (Å²) in [5, 5.41) is 0.494. The van der Waals surface area contributed by atoms with Crippen molar-refractivity contribution in [1.29, 1.82) is 0 Å². The van der Waals surface area contributed by atoms with Gasteiger partial charge in [0.25, 0.3) is 0 Å². The molecule has 2 nitrogen and oxygen atoms in total. The fraction of sp³-hybridized carbons (Fsp3) is 0.600. The van der Waals surface area contributed by atoms with Gasteiger partial charge in [0.1, 0.15) is 0 Å². The van der Waals surface area contributed by atoms with E-state index in [-0.39, 0.29) is 0 Å². The molecule has 0 N–H and O–H groups in total. The van der Waals surface area contributed by atoms with E-state index in [1.54, 1.807) is 23.1 Å². The van der Waals surface area contributed by atoms with E-state index in [4.69, 9.17) is 12.2 Å². The lowest BCUT2D eigenvalue weighted by Crippen LogP contribution is -2.13. The van der Waals surface area contributed by atoms with Gasteiger partial charge in [0.15, 0.2) is 9.12 Å². The van der Waals surface area contributed by atoms with Crippen molar-refractivity contribution in [3.63, 3.8) is 0 Å². The van der Waals surface area contributed by atoms with Gasteiger partial charge in [-0.2, -0.15) is 0 Å². The summed E-state index contributed by atoms with van der Waals surface area (Å²) >= 11 is 8.54. The molecule has 0 aliphatic heterocycles. The van der Waals surface area contributed by atoms with Gasteiger partial charge in [-0.25, -0.2) is 4.99 Å². The summed E-state index contributed by atoms with van der Waals surface area (Å²) < 4.78 is 2.81. The molecule has 0 spiro atoms. The molecule has 15 heavy (non-hydrogen) atoms. The molecule has 0 aliphatic carbocycles. The second-order valence-corrected chi connectivity index (χ2v) is 7.02. The van der Waals surface area contributed by atoms with E-state index in [9.17, 15) is 0 Å². The number of thiazole rings is 1. The lowest BCUT2D eigenvalue weighted by molar-refractivity contribution is 0.834. The maximum atomic E-state index is 5.21. The molecule has 0 aliphatic rings. The summed E-state index contributed by atoms with van der Waals surface area (Å²) in [5.41, 5.74) is 1.26. The zero-order valence-electron chi connectivity index (χ0n) is 9.70. The third kappa shape index (κ3) is 3.43. The summed E-state index contributed by atoms with van der Waals surface area (Å²) in [5.74, 6) is 0. The SMILES string of the molecule is Cc1sc(=NC(=S)SC(C)C)n(C)c1C. The third-order valence-electron chi connectivity index (χ3n) is 2.07. The molecule has 5 heteroatoms. The number of rotatable bonds is 1. The Bertz CT molecular complexity index is 426. The summed E-state index contributed by atoms with van der Waals surface area (Å²) in [6.45, 7) is 8.45. The predicted octanol–water partition coefficient (Wildman–Crippen LogP) is 3.03. The van der Waals surface area contributed by atoms with Gasteiger partial charge in [-0.3, -0.25) is 0 Å². The minimum absolute atomic E-state index is 0.494. The van der Waals surface area contributed by atoms with Crippen molar-refractivity contribution in [3.8, 4) is 0 Å². The van der Waals surface area contributed by atoms with Gasteiger partial charge >= 0.3 is 0 Å². The maximum absolute atomic E-state index is 5.21. The first-order valence-electron chi connectivity index (χ1n) is 4.80. The van der Waals surface area contributed by atoms with Gasteiger partial charge in [0.2, 0.25) is 0 Å². The summed E-state index contributed by atoms with van der Waals surface area (Å²) in [4.78, 5) is 6.74. The van der Waals surface area contributed by atoms with E-state index in [1.165, 1.54) is 10.6 Å². The molecule has 0 radical (unpaired) electrons. The molecule has 0 amide bonds. The zero-order chi connectivity index (χ0) is 11.6. The zero-order valence-corrected chi connectivity index (χ0v) is 12.1. The standard InChI is InChI=1S/C10H16N2S3/c1-6(2)14-10(13)11-9-12(5)7(3)8(4)15-9/h6H,1-5H3. The second kappa shape index (κ2) is 5.27. The minimum atomic E-state index is 0.494. The number of thioether (sulfide) groups is 1. The van der Waals surface area contributed by atoms with Crippen molar-refractivity contribution in [3.05, 3.63) is 15.4 Å².